The van der Waals surface area contributed by atoms with E-state index >= 15 is 0 Å². The quantitative estimate of drug-likeness (QED) is 0.652. The molecule has 3 rings (SSSR count). The molecule has 1 saturated heterocycles. The summed E-state index contributed by atoms with van der Waals surface area (Å²) in [5.74, 6) is 3.65. The lowest BCUT2D eigenvalue weighted by Crippen LogP contribution is -2.41. The van der Waals surface area contributed by atoms with Gasteiger partial charge in [0.1, 0.15) is 12.4 Å². The van der Waals surface area contributed by atoms with Crippen LogP contribution < -0.4 is 5.32 Å². The normalized spacial score (nSPS) is 21.4. The third-order valence-corrected chi connectivity index (χ3v) is 4.81. The Bertz CT molecular complexity index is 549. The van der Waals surface area contributed by atoms with Gasteiger partial charge in [-0.15, -0.1) is 10.2 Å². The molecule has 7 heteroatoms. The second kappa shape index (κ2) is 8.46. The molecule has 0 aromatic carbocycles. The van der Waals surface area contributed by atoms with Gasteiger partial charge in [-0.1, -0.05) is 6.42 Å². The largest absolute Gasteiger partial charge is 0.381 e. The summed E-state index contributed by atoms with van der Waals surface area (Å²) in [6.07, 6.45) is 5.89. The van der Waals surface area contributed by atoms with Crippen molar-refractivity contribution in [3.63, 3.8) is 0 Å². The summed E-state index contributed by atoms with van der Waals surface area (Å²) in [6.45, 7) is 7.30. The van der Waals surface area contributed by atoms with Gasteiger partial charge in [0.15, 0.2) is 11.8 Å². The number of aromatic nitrogens is 3. The van der Waals surface area contributed by atoms with E-state index in [1.165, 1.54) is 19.3 Å². The minimum atomic E-state index is 0.584. The summed E-state index contributed by atoms with van der Waals surface area (Å²) in [5.41, 5.74) is 0. The Morgan fingerprint density at radius 3 is 3.08 bits per heavy atom. The molecule has 2 aliphatic heterocycles. The molecule has 1 unspecified atom stereocenters. The maximum Gasteiger partial charge on any atom is 0.194 e. The average Bonchev–Trinajstić information content (AvgIpc) is 3.16. The van der Waals surface area contributed by atoms with Crippen molar-refractivity contribution in [2.75, 3.05) is 33.4 Å². The fourth-order valence-electron chi connectivity index (χ4n) is 3.48. The molecule has 24 heavy (non-hydrogen) atoms. The van der Waals surface area contributed by atoms with Crippen molar-refractivity contribution < 1.29 is 4.74 Å². The van der Waals surface area contributed by atoms with E-state index in [2.05, 4.69) is 39.0 Å². The molecule has 134 valence electrons. The van der Waals surface area contributed by atoms with Gasteiger partial charge in [-0.25, -0.2) is 4.99 Å². The van der Waals surface area contributed by atoms with Gasteiger partial charge in [0.05, 0.1) is 6.61 Å². The number of rotatable bonds is 5. The lowest BCUT2D eigenvalue weighted by molar-refractivity contribution is 0.181. The standard InChI is InChI=1S/C17H30N6O/c1-3-18-17(22(2)12-14-8-10-24-13-14)19-11-16-21-20-15-7-5-4-6-9-23(15)16/h14H,3-13H2,1-2H3,(H,18,19). The first-order chi connectivity index (χ1) is 11.8. The molecule has 0 amide bonds. The van der Waals surface area contributed by atoms with E-state index in [4.69, 9.17) is 9.73 Å². The molecule has 0 aliphatic carbocycles. The van der Waals surface area contributed by atoms with Crippen LogP contribution in [0.1, 0.15) is 44.3 Å². The van der Waals surface area contributed by atoms with Gasteiger partial charge >= 0.3 is 0 Å². The topological polar surface area (TPSA) is 67.6 Å². The summed E-state index contributed by atoms with van der Waals surface area (Å²) < 4.78 is 7.75. The highest BCUT2D eigenvalue weighted by Crippen LogP contribution is 2.16. The lowest BCUT2D eigenvalue weighted by atomic mass is 10.1. The molecular weight excluding hydrogens is 304 g/mol. The molecule has 3 heterocycles. The van der Waals surface area contributed by atoms with E-state index in [-0.39, 0.29) is 0 Å². The molecule has 0 saturated carbocycles. The molecular formula is C17H30N6O. The number of ether oxygens (including phenoxy) is 1. The van der Waals surface area contributed by atoms with E-state index < -0.39 is 0 Å². The van der Waals surface area contributed by atoms with E-state index in [9.17, 15) is 0 Å². The van der Waals surface area contributed by atoms with Crippen molar-refractivity contribution in [2.24, 2.45) is 10.9 Å². The van der Waals surface area contributed by atoms with Gasteiger partial charge in [-0.2, -0.15) is 0 Å². The SMILES string of the molecule is CCNC(=NCc1nnc2n1CCCCC2)N(C)CC1CCOC1. The van der Waals surface area contributed by atoms with Gasteiger partial charge in [-0.05, 0) is 26.2 Å². The maximum absolute atomic E-state index is 5.48. The van der Waals surface area contributed by atoms with Gasteiger partial charge in [0.25, 0.3) is 0 Å². The first-order valence-electron chi connectivity index (χ1n) is 9.26. The number of guanidine groups is 1. The first kappa shape index (κ1) is 17.2. The minimum absolute atomic E-state index is 0.584. The Balaban J connectivity index is 1.66. The molecule has 1 fully saturated rings. The van der Waals surface area contributed by atoms with Gasteiger partial charge < -0.3 is 19.5 Å². The third kappa shape index (κ3) is 4.26. The molecule has 0 bridgehead atoms. The van der Waals surface area contributed by atoms with Crippen LogP contribution in [0.15, 0.2) is 4.99 Å². The molecule has 1 aromatic heterocycles. The number of hydrogen-bond donors (Lipinski definition) is 1. The van der Waals surface area contributed by atoms with Gasteiger partial charge in [0.2, 0.25) is 0 Å². The number of nitrogens with zero attached hydrogens (tertiary/aromatic N) is 5. The van der Waals surface area contributed by atoms with Gasteiger partial charge in [-0.3, -0.25) is 0 Å². The second-order valence-corrected chi connectivity index (χ2v) is 6.78. The van der Waals surface area contributed by atoms with E-state index in [1.807, 2.05) is 0 Å². The van der Waals surface area contributed by atoms with Crippen molar-refractivity contribution >= 4 is 5.96 Å². The summed E-state index contributed by atoms with van der Waals surface area (Å²) in [6, 6.07) is 0. The summed E-state index contributed by atoms with van der Waals surface area (Å²) in [5, 5.41) is 12.1. The highest BCUT2D eigenvalue weighted by atomic mass is 16.5. The van der Waals surface area contributed by atoms with Gasteiger partial charge in [0, 0.05) is 45.6 Å². The molecule has 2 aliphatic rings. The molecule has 1 N–H and O–H groups in total. The summed E-state index contributed by atoms with van der Waals surface area (Å²) in [4.78, 5) is 7.01. The van der Waals surface area contributed by atoms with Crippen molar-refractivity contribution in [3.05, 3.63) is 11.6 Å². The molecule has 1 aromatic rings. The van der Waals surface area contributed by atoms with Crippen LogP contribution in [-0.4, -0.2) is 59.0 Å². The summed E-state index contributed by atoms with van der Waals surface area (Å²) in [7, 11) is 2.10. The Labute approximate surface area is 144 Å². The van der Waals surface area contributed by atoms with Crippen LogP contribution >= 0.6 is 0 Å². The van der Waals surface area contributed by atoms with Crippen molar-refractivity contribution in [1.82, 2.24) is 25.0 Å². The monoisotopic (exact) mass is 334 g/mol. The maximum atomic E-state index is 5.48. The second-order valence-electron chi connectivity index (χ2n) is 6.78. The van der Waals surface area contributed by atoms with Crippen LogP contribution in [0, 0.1) is 5.92 Å². The average molecular weight is 334 g/mol. The predicted octanol–water partition coefficient (Wildman–Crippen LogP) is 1.44. The Kier molecular flexibility index (Phi) is 6.07. The van der Waals surface area contributed by atoms with Crippen LogP contribution in [0.3, 0.4) is 0 Å². The summed E-state index contributed by atoms with van der Waals surface area (Å²) >= 11 is 0. The van der Waals surface area contributed by atoms with Crippen LogP contribution in [0.25, 0.3) is 0 Å². The van der Waals surface area contributed by atoms with E-state index in [0.29, 0.717) is 12.5 Å². The number of fused-ring (bicyclic) bond motifs is 1. The van der Waals surface area contributed by atoms with Crippen LogP contribution in [-0.2, 0) is 24.2 Å². The van der Waals surface area contributed by atoms with E-state index in [0.717, 1.165) is 63.3 Å². The number of nitrogens with one attached hydrogen (secondary N) is 1. The predicted molar refractivity (Wildman–Crippen MR) is 93.9 cm³/mol. The number of aryl methyl sites for hydroxylation is 1. The fourth-order valence-corrected chi connectivity index (χ4v) is 3.48. The zero-order valence-corrected chi connectivity index (χ0v) is 15.0. The van der Waals surface area contributed by atoms with Crippen molar-refractivity contribution in [2.45, 2.75) is 52.1 Å². The van der Waals surface area contributed by atoms with Crippen LogP contribution in [0.4, 0.5) is 0 Å². The Morgan fingerprint density at radius 2 is 2.29 bits per heavy atom. The molecule has 1 atom stereocenters. The number of hydrogen-bond acceptors (Lipinski definition) is 4. The lowest BCUT2D eigenvalue weighted by Gasteiger charge is -2.24. The zero-order valence-electron chi connectivity index (χ0n) is 15.0. The highest BCUT2D eigenvalue weighted by molar-refractivity contribution is 5.79. The molecule has 0 spiro atoms. The zero-order chi connectivity index (χ0) is 16.8. The van der Waals surface area contributed by atoms with Crippen molar-refractivity contribution in [1.29, 1.82) is 0 Å². The first-order valence-corrected chi connectivity index (χ1v) is 9.26. The van der Waals surface area contributed by atoms with Crippen LogP contribution in [0.2, 0.25) is 0 Å². The smallest absolute Gasteiger partial charge is 0.194 e. The highest BCUT2D eigenvalue weighted by Gasteiger charge is 2.19. The van der Waals surface area contributed by atoms with E-state index in [1.54, 1.807) is 0 Å². The molecule has 7 nitrogen and oxygen atoms in total. The fraction of sp³-hybridized carbons (Fsp3) is 0.824. The molecule has 0 radical (unpaired) electrons. The Hall–Kier alpha value is -1.63. The number of aliphatic imine (C=N–C) groups is 1. The third-order valence-electron chi connectivity index (χ3n) is 4.81. The minimum Gasteiger partial charge on any atom is -0.381 e. The van der Waals surface area contributed by atoms with Crippen molar-refractivity contribution in [3.8, 4) is 0 Å². The van der Waals surface area contributed by atoms with Crippen LogP contribution in [0.5, 0.6) is 0 Å². The Morgan fingerprint density at radius 1 is 1.38 bits per heavy atom.